The number of morpholine rings is 1. The molecule has 2 aromatic heterocycles. The number of amides is 5. The molecular weight excluding hydrogens is 713 g/mol. The average Bonchev–Trinajstić information content (AvgIpc) is 3.59. The van der Waals surface area contributed by atoms with Crippen LogP contribution >= 0.6 is 11.5 Å². The number of alkyl halides is 3. The van der Waals surface area contributed by atoms with Gasteiger partial charge in [0.25, 0.3) is 29.5 Å². The Morgan fingerprint density at radius 3 is 2.29 bits per heavy atom. The molecule has 19 heteroatoms. The van der Waals surface area contributed by atoms with Gasteiger partial charge in [-0.1, -0.05) is 12.1 Å². The molecule has 2 aliphatic heterocycles. The number of fused-ring (bicyclic) bond motifs is 2. The number of ether oxygens (including phenoxy) is 2. The zero-order valence-electron chi connectivity index (χ0n) is 27.3. The number of benzene rings is 2. The molecule has 2 aromatic carbocycles. The smallest absolute Gasteiger partial charge is 0.418 e. The molecule has 0 radical (unpaired) electrons. The van der Waals surface area contributed by atoms with Crippen molar-refractivity contribution in [2.24, 2.45) is 5.73 Å². The zero-order chi connectivity index (χ0) is 37.9. The second-order valence-corrected chi connectivity index (χ2v) is 12.9. The van der Waals surface area contributed by atoms with Crippen molar-refractivity contribution in [3.05, 3.63) is 76.5 Å². The number of hydrogen-bond donors (Lipinski definition) is 3. The van der Waals surface area contributed by atoms with E-state index in [9.17, 15) is 47.0 Å². The van der Waals surface area contributed by atoms with Crippen LogP contribution < -0.4 is 20.9 Å². The molecule has 0 aliphatic carbocycles. The Kier molecular flexibility index (Phi) is 9.06. The van der Waals surface area contributed by atoms with Gasteiger partial charge in [-0.3, -0.25) is 33.7 Å². The Balaban J connectivity index is 1.31. The van der Waals surface area contributed by atoms with Gasteiger partial charge < -0.3 is 25.6 Å². The number of primary amides is 1. The number of aliphatic hydroxyl groups is 1. The van der Waals surface area contributed by atoms with Crippen molar-refractivity contribution in [3.63, 3.8) is 0 Å². The van der Waals surface area contributed by atoms with Gasteiger partial charge in [0.2, 0.25) is 6.10 Å². The predicted molar refractivity (Wildman–Crippen MR) is 176 cm³/mol. The summed E-state index contributed by atoms with van der Waals surface area (Å²) in [7, 11) is 0. The number of nitrogens with one attached hydrogen (secondary N) is 1. The van der Waals surface area contributed by atoms with Crippen molar-refractivity contribution in [1.29, 1.82) is 0 Å². The highest BCUT2D eigenvalue weighted by molar-refractivity contribution is 7.14. The average molecular weight is 741 g/mol. The number of hydrogen-bond acceptors (Lipinski definition) is 12. The summed E-state index contributed by atoms with van der Waals surface area (Å²) in [6.07, 6.45) is -8.71. The van der Waals surface area contributed by atoms with E-state index in [0.29, 0.717) is 17.6 Å². The normalized spacial score (nSPS) is 17.0. The van der Waals surface area contributed by atoms with Crippen LogP contribution in [0.3, 0.4) is 0 Å². The third-order valence-electron chi connectivity index (χ3n) is 8.12. The van der Waals surface area contributed by atoms with E-state index < -0.39 is 70.7 Å². The number of imide groups is 1. The van der Waals surface area contributed by atoms with Crippen LogP contribution in [-0.4, -0.2) is 75.3 Å². The zero-order valence-corrected chi connectivity index (χ0v) is 28.1. The first-order chi connectivity index (χ1) is 24.4. The van der Waals surface area contributed by atoms with Gasteiger partial charge in [-0.05, 0) is 61.8 Å². The molecule has 1 fully saturated rings. The molecule has 6 rings (SSSR count). The molecule has 2 unspecified atom stereocenters. The molecule has 4 heterocycles. The summed E-state index contributed by atoms with van der Waals surface area (Å²) in [5, 5.41) is 13.0. The van der Waals surface area contributed by atoms with Crippen molar-refractivity contribution >= 4 is 74.4 Å². The molecule has 0 spiro atoms. The van der Waals surface area contributed by atoms with Gasteiger partial charge in [0.05, 0.1) is 51.5 Å². The van der Waals surface area contributed by atoms with E-state index in [2.05, 4.69) is 14.7 Å². The van der Waals surface area contributed by atoms with Gasteiger partial charge in [0.1, 0.15) is 11.4 Å². The Morgan fingerprint density at radius 1 is 1.06 bits per heavy atom. The lowest BCUT2D eigenvalue weighted by Gasteiger charge is -2.35. The number of halogens is 3. The third-order valence-corrected chi connectivity index (χ3v) is 8.99. The fourth-order valence-electron chi connectivity index (χ4n) is 5.86. The minimum atomic E-state index is -4.88. The van der Waals surface area contributed by atoms with Gasteiger partial charge in [-0.25, -0.2) is 9.88 Å². The van der Waals surface area contributed by atoms with E-state index in [1.165, 1.54) is 24.3 Å². The first-order valence-electron chi connectivity index (χ1n) is 15.3. The Bertz CT molecular complexity index is 2160. The lowest BCUT2D eigenvalue weighted by atomic mass is 9.98. The van der Waals surface area contributed by atoms with E-state index in [1.807, 2.05) is 0 Å². The van der Waals surface area contributed by atoms with Crippen LogP contribution in [0.2, 0.25) is 0 Å². The summed E-state index contributed by atoms with van der Waals surface area (Å²) in [6.45, 7) is 2.64. The summed E-state index contributed by atoms with van der Waals surface area (Å²) in [6, 6.07) is 10.3. The van der Waals surface area contributed by atoms with E-state index in [4.69, 9.17) is 15.2 Å². The monoisotopic (exact) mass is 740 g/mol. The van der Waals surface area contributed by atoms with E-state index in [0.717, 1.165) is 36.6 Å². The van der Waals surface area contributed by atoms with Crippen LogP contribution in [0.5, 0.6) is 0 Å². The third kappa shape index (κ3) is 6.33. The molecule has 0 bridgehead atoms. The minimum absolute atomic E-state index is 0.0738. The summed E-state index contributed by atoms with van der Waals surface area (Å²) < 4.78 is 56.2. The second kappa shape index (κ2) is 13.1. The van der Waals surface area contributed by atoms with Crippen LogP contribution in [-0.2, 0) is 35.6 Å². The molecule has 52 heavy (non-hydrogen) atoms. The summed E-state index contributed by atoms with van der Waals surface area (Å²) in [4.78, 5) is 84.4. The van der Waals surface area contributed by atoms with Crippen LogP contribution in [0.1, 0.15) is 63.1 Å². The minimum Gasteiger partial charge on any atom is -0.449 e. The predicted octanol–water partition coefficient (Wildman–Crippen LogP) is 3.14. The molecule has 15 nitrogen and oxygen atoms in total. The first kappa shape index (κ1) is 36.0. The van der Waals surface area contributed by atoms with Crippen LogP contribution in [0.25, 0.3) is 10.1 Å². The largest absolute Gasteiger partial charge is 0.449 e. The number of nitrogens with two attached hydrogens (primary N) is 1. The summed E-state index contributed by atoms with van der Waals surface area (Å²) in [5.41, 5.74) is 1.48. The fraction of sp³-hybridized carbons (Fsp3) is 0.273. The maximum absolute atomic E-state index is 13.7. The van der Waals surface area contributed by atoms with Gasteiger partial charge in [0.15, 0.2) is 11.9 Å². The highest BCUT2D eigenvalue weighted by Crippen LogP contribution is 2.40. The van der Waals surface area contributed by atoms with E-state index in [-0.39, 0.29) is 57.3 Å². The van der Waals surface area contributed by atoms with Crippen LogP contribution in [0.4, 0.5) is 30.5 Å². The van der Waals surface area contributed by atoms with Crippen molar-refractivity contribution in [3.8, 4) is 0 Å². The second-order valence-electron chi connectivity index (χ2n) is 12.1. The van der Waals surface area contributed by atoms with Gasteiger partial charge in [-0.2, -0.15) is 17.5 Å². The summed E-state index contributed by atoms with van der Waals surface area (Å²) >= 11 is 0.716. The molecule has 4 N–H and O–H groups in total. The number of nitrogens with zero attached hydrogens (tertiary/aromatic N) is 4. The maximum atomic E-state index is 13.7. The Labute approximate surface area is 295 Å². The number of esters is 1. The number of aromatic nitrogens is 2. The molecule has 2 aliphatic rings. The van der Waals surface area contributed by atoms with E-state index in [1.54, 1.807) is 12.1 Å². The van der Waals surface area contributed by atoms with Crippen molar-refractivity contribution in [2.45, 2.75) is 44.8 Å². The number of carbonyl (C=O) groups excluding carboxylic acids is 6. The van der Waals surface area contributed by atoms with Gasteiger partial charge >= 0.3 is 12.1 Å². The van der Waals surface area contributed by atoms with Crippen molar-refractivity contribution in [1.82, 2.24) is 9.36 Å². The Hall–Kier alpha value is -5.79. The number of anilines is 3. The van der Waals surface area contributed by atoms with Gasteiger partial charge in [-0.15, -0.1) is 0 Å². The molecule has 2 atom stereocenters. The Morgan fingerprint density at radius 2 is 1.71 bits per heavy atom. The van der Waals surface area contributed by atoms with Crippen molar-refractivity contribution in [2.75, 3.05) is 28.3 Å². The van der Waals surface area contributed by atoms with Crippen LogP contribution in [0.15, 0.2) is 48.5 Å². The van der Waals surface area contributed by atoms with Gasteiger partial charge in [0, 0.05) is 12.3 Å². The highest BCUT2D eigenvalue weighted by atomic mass is 32.1. The quantitative estimate of drug-likeness (QED) is 0.176. The molecular formula is C33H27F3N6O9S. The van der Waals surface area contributed by atoms with Crippen LogP contribution in [0, 0.1) is 0 Å². The molecule has 0 saturated carbocycles. The SMILES string of the molecule is CC(=O)OC(C(=O)Nc1ccc2c(N3C(=O)c4ccccc4C3=O)nsc2c1C(N)=O)C1OCCN(c2ccc(C(F)(F)F)c(C(C)(C)O)n2)C1=O. The van der Waals surface area contributed by atoms with Crippen molar-refractivity contribution < 1.29 is 56.5 Å². The molecule has 1 saturated heterocycles. The maximum Gasteiger partial charge on any atom is 0.418 e. The van der Waals surface area contributed by atoms with E-state index >= 15 is 0 Å². The highest BCUT2D eigenvalue weighted by Gasteiger charge is 2.45. The standard InChI is InChI=1S/C33H27F3N6O9S/c1-14(43)51-22(23-31(48)41(12-13-50-23)20-11-9-18(33(34,35)36)25(39-20)32(2,3)49)28(45)38-19-10-8-17-24(21(19)26(37)44)52-40-27(17)42-29(46)15-6-4-5-7-16(15)30(42)47/h4-11,22-23,49H,12-13H2,1-3H3,(H2,37,44)(H,38,45). The molecule has 4 aromatic rings. The number of rotatable bonds is 8. The summed E-state index contributed by atoms with van der Waals surface area (Å²) in [5.74, 6) is -5.87. The first-order valence-corrected chi connectivity index (χ1v) is 16.1. The number of pyridine rings is 1. The fourth-order valence-corrected chi connectivity index (χ4v) is 6.78. The lowest BCUT2D eigenvalue weighted by molar-refractivity contribution is -0.167. The topological polar surface area (TPSA) is 211 Å². The molecule has 5 amide bonds. The number of carbonyl (C=O) groups is 6. The molecule has 270 valence electrons. The lowest BCUT2D eigenvalue weighted by Crippen LogP contribution is -2.57.